The van der Waals surface area contributed by atoms with Gasteiger partial charge in [-0.3, -0.25) is 9.05 Å². The Morgan fingerprint density at radius 3 is 0.692 bits per heavy atom. The number of phosphoric ester groups is 1. The second-order valence-corrected chi connectivity index (χ2v) is 39.7. The quantitative estimate of drug-likeness (QED) is 0.123. The van der Waals surface area contributed by atoms with Gasteiger partial charge in [-0.1, -0.05) is 368 Å². The molecular weight excluding hydrogens is 1360 g/mol. The minimum atomic E-state index is -4.96. The molecule has 0 radical (unpaired) electrons. The van der Waals surface area contributed by atoms with Gasteiger partial charge < -0.3 is 54.5 Å². The van der Waals surface area contributed by atoms with Gasteiger partial charge in [-0.25, -0.2) is 4.57 Å². The third-order valence-corrected chi connectivity index (χ3v) is 27.0. The molecule has 14 nitrogen and oxygen atoms in total. The van der Waals surface area contributed by atoms with Gasteiger partial charge in [0.25, 0.3) is 0 Å². The first-order valence-electron chi connectivity index (χ1n) is 46.0. The fourth-order valence-corrected chi connectivity index (χ4v) is 18.0. The lowest BCUT2D eigenvalue weighted by atomic mass is 9.85. The minimum absolute atomic E-state index is 0.0265. The summed E-state index contributed by atoms with van der Waals surface area (Å²) in [6.45, 7) is 41.5. The molecule has 107 heavy (non-hydrogen) atoms. The molecule has 0 aromatic carbocycles. The first kappa shape index (κ1) is 103. The molecule has 25 atom stereocenters. The number of hydrogen-bond donors (Lipinski definition) is 7. The molecule has 1 saturated carbocycles. The lowest BCUT2D eigenvalue weighted by molar-refractivity contribution is -0.220. The van der Waals surface area contributed by atoms with Crippen molar-refractivity contribution < 1.29 is 68.1 Å². The maximum absolute atomic E-state index is 13.2. The van der Waals surface area contributed by atoms with E-state index in [1.807, 2.05) is 0 Å². The van der Waals surface area contributed by atoms with Crippen molar-refractivity contribution in [2.75, 3.05) is 52.9 Å². The van der Waals surface area contributed by atoms with Crippen LogP contribution in [0.15, 0.2) is 0 Å². The molecule has 0 aromatic rings. The molecule has 2 fully saturated rings. The first-order chi connectivity index (χ1) is 51.0. The Bertz CT molecular complexity index is 2040. The second-order valence-electron chi connectivity index (χ2n) is 38.3. The maximum Gasteiger partial charge on any atom is 0.472 e. The van der Waals surface area contributed by atoms with E-state index >= 15 is 0 Å². The molecule has 1 aliphatic carbocycles. The summed E-state index contributed by atoms with van der Waals surface area (Å²) < 4.78 is 48.4. The molecule has 640 valence electrons. The van der Waals surface area contributed by atoms with Crippen LogP contribution in [-0.2, 0) is 32.6 Å². The summed E-state index contributed by atoms with van der Waals surface area (Å²) in [7, 11) is -4.96. The Kier molecular flexibility index (Phi) is 60.5. The zero-order valence-corrected chi connectivity index (χ0v) is 74.0. The van der Waals surface area contributed by atoms with Crippen molar-refractivity contribution in [2.24, 2.45) is 94.7 Å². The number of rotatable bonds is 6. The van der Waals surface area contributed by atoms with Crippen molar-refractivity contribution in [3.63, 3.8) is 0 Å². The molecular formula is C92H183O14P. The predicted octanol–water partition coefficient (Wildman–Crippen LogP) is 23.5. The Balaban J connectivity index is 1.88. The lowest BCUT2D eigenvalue weighted by Crippen LogP contribution is -2.64. The van der Waals surface area contributed by atoms with Crippen LogP contribution in [-0.4, -0.2) is 137 Å². The highest BCUT2D eigenvalue weighted by molar-refractivity contribution is 7.47. The zero-order valence-electron chi connectivity index (χ0n) is 73.1. The van der Waals surface area contributed by atoms with E-state index in [0.717, 1.165) is 111 Å². The van der Waals surface area contributed by atoms with E-state index in [-0.39, 0.29) is 25.9 Å². The smallest absolute Gasteiger partial charge is 0.394 e. The Morgan fingerprint density at radius 2 is 0.458 bits per heavy atom. The highest BCUT2D eigenvalue weighted by Crippen LogP contribution is 2.47. The van der Waals surface area contributed by atoms with Crippen LogP contribution in [0.3, 0.4) is 0 Å². The topological polar surface area (TPSA) is 214 Å². The van der Waals surface area contributed by atoms with Crippen molar-refractivity contribution in [3.05, 3.63) is 0 Å². The van der Waals surface area contributed by atoms with Crippen LogP contribution in [0.25, 0.3) is 0 Å². The molecule has 2 aliphatic rings. The van der Waals surface area contributed by atoms with Gasteiger partial charge in [0.15, 0.2) is 0 Å². The summed E-state index contributed by atoms with van der Waals surface area (Å²) in [6.07, 6.45) is 44.0. The number of hydrogen-bond acceptors (Lipinski definition) is 13. The summed E-state index contributed by atoms with van der Waals surface area (Å²) in [6, 6.07) is 0. The molecule has 2 rings (SSSR count). The van der Waals surface area contributed by atoms with E-state index in [1.165, 1.54) is 238 Å². The van der Waals surface area contributed by atoms with Crippen molar-refractivity contribution in [2.45, 2.75) is 442 Å². The summed E-state index contributed by atoms with van der Waals surface area (Å²) >= 11 is 0. The van der Waals surface area contributed by atoms with Crippen LogP contribution in [0.2, 0.25) is 0 Å². The highest BCUT2D eigenvalue weighted by atomic mass is 31.2. The van der Waals surface area contributed by atoms with E-state index < -0.39 is 50.6 Å². The summed E-state index contributed by atoms with van der Waals surface area (Å²) in [5.41, 5.74) is 0. The van der Waals surface area contributed by atoms with E-state index in [1.54, 1.807) is 0 Å². The first-order valence-corrected chi connectivity index (χ1v) is 47.5. The van der Waals surface area contributed by atoms with Crippen molar-refractivity contribution in [3.8, 4) is 0 Å². The van der Waals surface area contributed by atoms with Gasteiger partial charge in [-0.2, -0.15) is 0 Å². The Labute approximate surface area is 662 Å². The Morgan fingerprint density at radius 1 is 0.271 bits per heavy atom. The van der Waals surface area contributed by atoms with Gasteiger partial charge >= 0.3 is 7.82 Å². The van der Waals surface area contributed by atoms with E-state index in [9.17, 15) is 40.1 Å². The summed E-state index contributed by atoms with van der Waals surface area (Å²) in [5.74, 6) is 11.7. The molecule has 3 unspecified atom stereocenters. The zero-order chi connectivity index (χ0) is 79.4. The van der Waals surface area contributed by atoms with Crippen molar-refractivity contribution in [1.29, 1.82) is 0 Å². The predicted molar refractivity (Wildman–Crippen MR) is 449 cm³/mol. The minimum Gasteiger partial charge on any atom is -0.394 e. The fourth-order valence-electron chi connectivity index (χ4n) is 17.1. The average molecular weight is 1540 g/mol. The van der Waals surface area contributed by atoms with Crippen LogP contribution in [0.1, 0.15) is 393 Å². The summed E-state index contributed by atoms with van der Waals surface area (Å²) in [4.78, 5) is 10.7. The number of aliphatic hydroxyl groups is 6. The van der Waals surface area contributed by atoms with E-state index in [4.69, 9.17) is 28.0 Å². The van der Waals surface area contributed by atoms with Gasteiger partial charge in [0.05, 0.1) is 26.4 Å². The molecule has 1 saturated heterocycles. The number of aliphatic hydroxyl groups excluding tert-OH is 6. The largest absolute Gasteiger partial charge is 0.472 e. The molecule has 7 N–H and O–H groups in total. The van der Waals surface area contributed by atoms with Gasteiger partial charge in [-0.05, 0) is 120 Å². The van der Waals surface area contributed by atoms with Crippen LogP contribution in [0.5, 0.6) is 0 Å². The van der Waals surface area contributed by atoms with Crippen LogP contribution < -0.4 is 0 Å². The third-order valence-electron chi connectivity index (χ3n) is 26.0. The van der Waals surface area contributed by atoms with Crippen molar-refractivity contribution >= 4 is 7.82 Å². The van der Waals surface area contributed by atoms with Crippen LogP contribution in [0.4, 0.5) is 0 Å². The normalized spacial score (nSPS) is 38.3. The van der Waals surface area contributed by atoms with E-state index in [2.05, 4.69) is 111 Å². The van der Waals surface area contributed by atoms with Gasteiger partial charge in [0, 0.05) is 26.4 Å². The molecule has 0 bridgehead atoms. The summed E-state index contributed by atoms with van der Waals surface area (Å²) in [5, 5.41) is 61.4. The molecule has 1 aliphatic heterocycles. The standard InChI is InChI=1S/C92H183O14P/c1-69-29-17-33-73(5)41-25-49-81(13)57-61-101-66-85(65-93)103-63-59-83(15)51-27-43-75(7)35-19-31-71(3)39-23-47-79(11)55-53-78(10)46-22-38-70(2)30-18-34-74(6)42-26-50-82(14)58-62-102-67-86(68-105-107(99,100)106-92-90(97)88(95)87(94)89(96)91(92)98)104-64-60-84(16)52-28-44-76(8)36-20-32-72(4)40-24-48-80(12)56-54-77(9)45-21-37-69/h69-98H,17-68H2,1-16H3,(H,99,100)/t69-,70-,71-,72+,73+,74-,75-,76-,77-,78+,79+,80+,81+,82-,83-,84-,85+,86+,87?,88-,89+,90-,91-,92?/m1/s1. The highest BCUT2D eigenvalue weighted by Gasteiger charge is 2.51. The lowest BCUT2D eigenvalue weighted by Gasteiger charge is -2.41. The van der Waals surface area contributed by atoms with Crippen LogP contribution >= 0.6 is 7.82 Å². The molecule has 0 aromatic heterocycles. The molecule has 1 heterocycles. The van der Waals surface area contributed by atoms with E-state index in [0.29, 0.717) is 61.9 Å². The third kappa shape index (κ3) is 54.3. The SMILES string of the molecule is C[C@@H]1CCC[C@@H](C)CCC[C@H](C)CC[C@@H](C)CCC[C@H](C)CCC[C@@H](C)CCC[C@@H](C)CCO[C@@H](CO)COCC[C@@H](C)CCC[C@@H](C)CCC[C@@H](C)CCC[C@@H](C)CC[C@@H](C)CCC[C@@H](C)CCC[C@@H](C)CCC[C@@H](C)CCO[C@H](COP(=O)(O)OC2[C@H](O)[C@H](O)C(O)[C@H](O)[C@H]2O)COCC[C@H](C)CCC1. The average Bonchev–Trinajstić information content (AvgIpc) is 0.791. The van der Waals surface area contributed by atoms with Crippen molar-refractivity contribution in [1.82, 2.24) is 0 Å². The Hall–Kier alpha value is -0.290. The van der Waals surface area contributed by atoms with Gasteiger partial charge in [-0.15, -0.1) is 0 Å². The fraction of sp³-hybridized carbons (Fsp3) is 1.00. The molecule has 15 heteroatoms. The number of ether oxygens (including phenoxy) is 4. The molecule has 0 amide bonds. The van der Waals surface area contributed by atoms with Gasteiger partial charge in [0.1, 0.15) is 48.8 Å². The maximum atomic E-state index is 13.2. The monoisotopic (exact) mass is 1540 g/mol. The van der Waals surface area contributed by atoms with Gasteiger partial charge in [0.2, 0.25) is 0 Å². The molecule has 0 spiro atoms. The van der Waals surface area contributed by atoms with Crippen LogP contribution in [0, 0.1) is 94.7 Å². The second kappa shape index (κ2) is 62.9. The number of phosphoric acid groups is 1.